The molecule has 0 saturated carbocycles. The molecule has 4 nitrogen and oxygen atoms in total. The van der Waals surface area contributed by atoms with E-state index in [2.05, 4.69) is 0 Å². The van der Waals surface area contributed by atoms with Crippen molar-refractivity contribution in [3.8, 4) is 0 Å². The Hall–Kier alpha value is -2.70. The van der Waals surface area contributed by atoms with Crippen LogP contribution < -0.4 is 0 Å². The third-order valence-electron chi connectivity index (χ3n) is 2.85. The van der Waals surface area contributed by atoms with Crippen molar-refractivity contribution in [2.45, 2.75) is 6.42 Å². The van der Waals surface area contributed by atoms with Gasteiger partial charge in [-0.3, -0.25) is 14.9 Å². The topological polar surface area (TPSA) is 60.2 Å². The molecule has 0 aromatic heterocycles. The molecule has 108 valence electrons. The second-order valence-electron chi connectivity index (χ2n) is 4.24. The highest BCUT2D eigenvalue weighted by Crippen LogP contribution is 2.21. The first kappa shape index (κ1) is 14.7. The third kappa shape index (κ3) is 3.07. The number of hydrogen-bond acceptors (Lipinski definition) is 3. The highest BCUT2D eigenvalue weighted by atomic mass is 19.2. The van der Waals surface area contributed by atoms with Gasteiger partial charge in [-0.15, -0.1) is 0 Å². The van der Waals surface area contributed by atoms with Crippen molar-refractivity contribution in [2.24, 2.45) is 0 Å². The molecule has 0 unspecified atom stereocenters. The second-order valence-corrected chi connectivity index (χ2v) is 4.24. The summed E-state index contributed by atoms with van der Waals surface area (Å²) in [5.74, 6) is -5.39. The van der Waals surface area contributed by atoms with Crippen LogP contribution in [0.25, 0.3) is 0 Å². The quantitative estimate of drug-likeness (QED) is 0.376. The predicted molar refractivity (Wildman–Crippen MR) is 67.4 cm³/mol. The maximum Gasteiger partial charge on any atom is 0.273 e. The number of nitro groups is 1. The first-order valence-corrected chi connectivity index (χ1v) is 5.80. The van der Waals surface area contributed by atoms with Crippen LogP contribution in [0.15, 0.2) is 36.4 Å². The van der Waals surface area contributed by atoms with Crippen molar-refractivity contribution < 1.29 is 22.9 Å². The Labute approximate surface area is 117 Å². The molecule has 0 bridgehead atoms. The number of Topliss-reactive ketones (excluding diaryl/α,β-unsaturated/α-hetero) is 1. The van der Waals surface area contributed by atoms with Gasteiger partial charge in [0.2, 0.25) is 0 Å². The van der Waals surface area contributed by atoms with Crippen LogP contribution in [0.1, 0.15) is 15.9 Å². The summed E-state index contributed by atoms with van der Waals surface area (Å²) in [5, 5.41) is 10.8. The summed E-state index contributed by atoms with van der Waals surface area (Å²) in [6.07, 6.45) is -0.415. The molecule has 0 spiro atoms. The van der Waals surface area contributed by atoms with E-state index < -0.39 is 34.6 Å². The first-order valence-electron chi connectivity index (χ1n) is 5.80. The number of benzene rings is 2. The highest BCUT2D eigenvalue weighted by molar-refractivity contribution is 5.98. The van der Waals surface area contributed by atoms with Crippen LogP contribution in [0.3, 0.4) is 0 Å². The summed E-state index contributed by atoms with van der Waals surface area (Å²) in [4.78, 5) is 22.1. The number of nitrogens with zero attached hydrogens (tertiary/aromatic N) is 1. The van der Waals surface area contributed by atoms with Gasteiger partial charge >= 0.3 is 0 Å². The molecular weight excluding hydrogens is 287 g/mol. The average molecular weight is 295 g/mol. The number of ketones is 1. The van der Waals surface area contributed by atoms with E-state index in [1.165, 1.54) is 24.3 Å². The lowest BCUT2D eigenvalue weighted by molar-refractivity contribution is -0.385. The van der Waals surface area contributed by atoms with Gasteiger partial charge in [0.25, 0.3) is 5.69 Å². The zero-order valence-electron chi connectivity index (χ0n) is 10.5. The molecule has 2 aromatic rings. The zero-order chi connectivity index (χ0) is 15.6. The summed E-state index contributed by atoms with van der Waals surface area (Å²) < 4.78 is 39.0. The van der Waals surface area contributed by atoms with E-state index >= 15 is 0 Å². The molecule has 7 heteroatoms. The van der Waals surface area contributed by atoms with E-state index in [1.807, 2.05) is 0 Å². The lowest BCUT2D eigenvalue weighted by Gasteiger charge is -2.04. The Kier molecular flexibility index (Phi) is 4.02. The van der Waals surface area contributed by atoms with E-state index in [0.29, 0.717) is 12.1 Å². The van der Waals surface area contributed by atoms with Crippen LogP contribution in [0.5, 0.6) is 0 Å². The van der Waals surface area contributed by atoms with Crippen LogP contribution in [0.2, 0.25) is 0 Å². The Morgan fingerprint density at radius 1 is 1.10 bits per heavy atom. The molecule has 2 aromatic carbocycles. The molecule has 0 N–H and O–H groups in total. The van der Waals surface area contributed by atoms with Gasteiger partial charge in [0.15, 0.2) is 23.2 Å². The Bertz CT molecular complexity index is 708. The molecule has 0 atom stereocenters. The van der Waals surface area contributed by atoms with Gasteiger partial charge in [-0.25, -0.2) is 13.2 Å². The molecule has 0 amide bonds. The fourth-order valence-corrected chi connectivity index (χ4v) is 1.83. The minimum Gasteiger partial charge on any atom is -0.294 e. The molecule has 0 aliphatic rings. The minimum absolute atomic E-state index is 0.109. The Balaban J connectivity index is 2.33. The second kappa shape index (κ2) is 5.74. The molecule has 0 saturated heterocycles. The summed E-state index contributed by atoms with van der Waals surface area (Å²) in [6, 6.07) is 6.65. The van der Waals surface area contributed by atoms with Gasteiger partial charge in [0.1, 0.15) is 0 Å². The summed E-state index contributed by atoms with van der Waals surface area (Å²) in [5.41, 5.74) is -0.545. The van der Waals surface area contributed by atoms with Crippen LogP contribution in [-0.2, 0) is 6.42 Å². The fraction of sp³-hybridized carbons (Fsp3) is 0.0714. The minimum atomic E-state index is -1.67. The molecule has 0 radical (unpaired) electrons. The molecule has 21 heavy (non-hydrogen) atoms. The van der Waals surface area contributed by atoms with E-state index in [9.17, 15) is 28.1 Å². The lowest BCUT2D eigenvalue weighted by Crippen LogP contribution is -2.08. The molecule has 2 rings (SSSR count). The van der Waals surface area contributed by atoms with E-state index in [4.69, 9.17) is 0 Å². The summed E-state index contributed by atoms with van der Waals surface area (Å²) >= 11 is 0. The van der Waals surface area contributed by atoms with Crippen molar-refractivity contribution in [2.75, 3.05) is 0 Å². The zero-order valence-corrected chi connectivity index (χ0v) is 10.5. The van der Waals surface area contributed by atoms with E-state index in [0.717, 1.165) is 0 Å². The maximum absolute atomic E-state index is 13.1. The van der Waals surface area contributed by atoms with Gasteiger partial charge in [-0.05, 0) is 12.1 Å². The van der Waals surface area contributed by atoms with E-state index in [1.54, 1.807) is 0 Å². The maximum atomic E-state index is 13.1. The molecule has 0 heterocycles. The van der Waals surface area contributed by atoms with Crippen LogP contribution in [0, 0.1) is 27.6 Å². The monoisotopic (exact) mass is 295 g/mol. The molecule has 0 aliphatic heterocycles. The number of hydrogen-bond donors (Lipinski definition) is 0. The van der Waals surface area contributed by atoms with Gasteiger partial charge in [0, 0.05) is 23.6 Å². The number of halogens is 3. The number of para-hydroxylation sites is 1. The standard InChI is InChI=1S/C14H8F3NO3/c15-10-5-9(6-11(16)14(10)17)13(19)7-8-3-1-2-4-12(8)18(20)21/h1-6H,7H2. The Morgan fingerprint density at radius 3 is 2.24 bits per heavy atom. The fourth-order valence-electron chi connectivity index (χ4n) is 1.83. The van der Waals surface area contributed by atoms with Crippen molar-refractivity contribution >= 4 is 11.5 Å². The van der Waals surface area contributed by atoms with Crippen molar-refractivity contribution in [1.82, 2.24) is 0 Å². The predicted octanol–water partition coefficient (Wildman–Crippen LogP) is 3.44. The van der Waals surface area contributed by atoms with Gasteiger partial charge < -0.3 is 0 Å². The normalized spacial score (nSPS) is 10.4. The first-order chi connectivity index (χ1) is 9.90. The third-order valence-corrected chi connectivity index (χ3v) is 2.85. The van der Waals surface area contributed by atoms with Crippen molar-refractivity contribution in [3.05, 3.63) is 75.1 Å². The lowest BCUT2D eigenvalue weighted by atomic mass is 10.0. The molecule has 0 fully saturated rings. The summed E-state index contributed by atoms with van der Waals surface area (Å²) in [6.45, 7) is 0. The van der Waals surface area contributed by atoms with Gasteiger partial charge in [-0.1, -0.05) is 18.2 Å². The van der Waals surface area contributed by atoms with Gasteiger partial charge in [0.05, 0.1) is 4.92 Å². The van der Waals surface area contributed by atoms with Crippen LogP contribution in [0.4, 0.5) is 18.9 Å². The average Bonchev–Trinajstić information content (AvgIpc) is 2.44. The molecule has 0 aliphatic carbocycles. The highest BCUT2D eigenvalue weighted by Gasteiger charge is 2.19. The van der Waals surface area contributed by atoms with Crippen molar-refractivity contribution in [1.29, 1.82) is 0 Å². The largest absolute Gasteiger partial charge is 0.294 e. The molecular formula is C14H8F3NO3. The number of carbonyl (C=O) groups is 1. The number of carbonyl (C=O) groups excluding carboxylic acids is 1. The van der Waals surface area contributed by atoms with Gasteiger partial charge in [-0.2, -0.15) is 0 Å². The number of rotatable bonds is 4. The van der Waals surface area contributed by atoms with E-state index in [-0.39, 0.29) is 16.8 Å². The van der Waals surface area contributed by atoms with Crippen molar-refractivity contribution in [3.63, 3.8) is 0 Å². The smallest absolute Gasteiger partial charge is 0.273 e. The van der Waals surface area contributed by atoms with Crippen LogP contribution in [-0.4, -0.2) is 10.7 Å². The Morgan fingerprint density at radius 2 is 1.67 bits per heavy atom. The summed E-state index contributed by atoms with van der Waals surface area (Å²) in [7, 11) is 0. The number of nitro benzene ring substituents is 1. The van der Waals surface area contributed by atoms with Crippen LogP contribution >= 0.6 is 0 Å². The SMILES string of the molecule is O=C(Cc1ccccc1[N+](=O)[O-])c1cc(F)c(F)c(F)c1.